The molecular weight excluding hydrogens is 396 g/mol. The van der Waals surface area contributed by atoms with Crippen molar-refractivity contribution in [1.82, 2.24) is 10.2 Å². The van der Waals surface area contributed by atoms with Crippen LogP contribution in [0.4, 0.5) is 0 Å². The van der Waals surface area contributed by atoms with Crippen molar-refractivity contribution in [2.24, 2.45) is 5.92 Å². The first-order chi connectivity index (χ1) is 14.6. The molecule has 1 aliphatic heterocycles. The van der Waals surface area contributed by atoms with Gasteiger partial charge in [0.2, 0.25) is 0 Å². The first-order valence-electron chi connectivity index (χ1n) is 11.1. The number of nitrogens with zero attached hydrogens (tertiary/aromatic N) is 1. The van der Waals surface area contributed by atoms with Crippen molar-refractivity contribution in [1.29, 1.82) is 0 Å². The van der Waals surface area contributed by atoms with Gasteiger partial charge in [0.25, 0.3) is 5.91 Å². The number of halogens is 1. The predicted octanol–water partition coefficient (Wildman–Crippen LogP) is 4.95. The van der Waals surface area contributed by atoms with Crippen LogP contribution in [0.3, 0.4) is 0 Å². The Morgan fingerprint density at radius 1 is 1.03 bits per heavy atom. The van der Waals surface area contributed by atoms with E-state index >= 15 is 0 Å². The highest BCUT2D eigenvalue weighted by Crippen LogP contribution is 2.30. The minimum Gasteiger partial charge on any atom is -0.497 e. The molecule has 4 rings (SSSR count). The quantitative estimate of drug-likeness (QED) is 0.710. The molecule has 160 valence electrons. The maximum atomic E-state index is 12.7. The van der Waals surface area contributed by atoms with Gasteiger partial charge in [-0.25, -0.2) is 0 Å². The standard InChI is InChI=1S/C25H31ClN2O2/c1-30-22-11-7-20(8-12-22)25(29)27-23-3-2-4-24(23)28-15-13-19(14-16-28)17-18-5-9-21(26)10-6-18/h5-12,19,23-24H,2-4,13-17H2,1H3,(H,27,29). The Morgan fingerprint density at radius 3 is 2.40 bits per heavy atom. The molecule has 30 heavy (non-hydrogen) atoms. The second-order valence-electron chi connectivity index (χ2n) is 8.62. The van der Waals surface area contributed by atoms with Crippen molar-refractivity contribution in [3.8, 4) is 5.75 Å². The number of rotatable bonds is 6. The first kappa shape index (κ1) is 21.2. The van der Waals surface area contributed by atoms with Gasteiger partial charge in [-0.15, -0.1) is 0 Å². The SMILES string of the molecule is COc1ccc(C(=O)NC2CCCC2N2CCC(Cc3ccc(Cl)cc3)CC2)cc1. The molecular formula is C25H31ClN2O2. The minimum atomic E-state index is 0.0205. The number of carbonyl (C=O) groups excluding carboxylic acids is 1. The monoisotopic (exact) mass is 426 g/mol. The van der Waals surface area contributed by atoms with Gasteiger partial charge in [-0.05, 0) is 99.5 Å². The number of hydrogen-bond acceptors (Lipinski definition) is 3. The zero-order chi connectivity index (χ0) is 20.9. The normalized spacial score (nSPS) is 22.7. The number of ether oxygens (including phenoxy) is 1. The number of amides is 1. The molecule has 1 N–H and O–H groups in total. The molecule has 2 aliphatic rings. The molecule has 1 saturated heterocycles. The van der Waals surface area contributed by atoms with E-state index in [0.717, 1.165) is 42.6 Å². The van der Waals surface area contributed by atoms with Crippen LogP contribution in [0.25, 0.3) is 0 Å². The second kappa shape index (κ2) is 9.84. The van der Waals surface area contributed by atoms with Gasteiger partial charge in [-0.2, -0.15) is 0 Å². The van der Waals surface area contributed by atoms with Crippen LogP contribution >= 0.6 is 11.6 Å². The fraction of sp³-hybridized carbons (Fsp3) is 0.480. The van der Waals surface area contributed by atoms with Gasteiger partial charge < -0.3 is 10.1 Å². The summed E-state index contributed by atoms with van der Waals surface area (Å²) in [5.41, 5.74) is 2.08. The van der Waals surface area contributed by atoms with Gasteiger partial charge >= 0.3 is 0 Å². The fourth-order valence-electron chi connectivity index (χ4n) is 4.98. The summed E-state index contributed by atoms with van der Waals surface area (Å²) in [6.07, 6.45) is 7.00. The third-order valence-corrected chi connectivity index (χ3v) is 6.96. The van der Waals surface area contributed by atoms with Crippen LogP contribution in [0, 0.1) is 5.92 Å². The topological polar surface area (TPSA) is 41.6 Å². The van der Waals surface area contributed by atoms with Gasteiger partial charge in [-0.1, -0.05) is 23.7 Å². The highest BCUT2D eigenvalue weighted by molar-refractivity contribution is 6.30. The summed E-state index contributed by atoms with van der Waals surface area (Å²) in [6.45, 7) is 2.25. The van der Waals surface area contributed by atoms with E-state index in [1.165, 1.54) is 31.2 Å². The fourth-order valence-corrected chi connectivity index (χ4v) is 5.11. The van der Waals surface area contributed by atoms with Gasteiger partial charge in [0, 0.05) is 22.7 Å². The average Bonchev–Trinajstić information content (AvgIpc) is 3.24. The number of carbonyl (C=O) groups is 1. The minimum absolute atomic E-state index is 0.0205. The Kier molecular flexibility index (Phi) is 6.96. The van der Waals surface area contributed by atoms with Crippen molar-refractivity contribution in [2.75, 3.05) is 20.2 Å². The van der Waals surface area contributed by atoms with E-state index in [4.69, 9.17) is 16.3 Å². The molecule has 0 aromatic heterocycles. The number of piperidine rings is 1. The van der Waals surface area contributed by atoms with Crippen LogP contribution in [0.5, 0.6) is 5.75 Å². The smallest absolute Gasteiger partial charge is 0.251 e. The predicted molar refractivity (Wildman–Crippen MR) is 121 cm³/mol. The molecule has 2 aromatic rings. The molecule has 0 spiro atoms. The Labute approximate surface area is 184 Å². The summed E-state index contributed by atoms with van der Waals surface area (Å²) in [5.74, 6) is 1.52. The van der Waals surface area contributed by atoms with Gasteiger partial charge in [0.05, 0.1) is 7.11 Å². The highest BCUT2D eigenvalue weighted by atomic mass is 35.5. The lowest BCUT2D eigenvalue weighted by atomic mass is 9.89. The molecule has 0 radical (unpaired) electrons. The number of methoxy groups -OCH3 is 1. The third kappa shape index (κ3) is 5.16. The molecule has 2 aromatic carbocycles. The van der Waals surface area contributed by atoms with Crippen LogP contribution in [-0.4, -0.2) is 43.1 Å². The van der Waals surface area contributed by atoms with Crippen molar-refractivity contribution >= 4 is 17.5 Å². The average molecular weight is 427 g/mol. The summed E-state index contributed by atoms with van der Waals surface area (Å²) in [4.78, 5) is 15.3. The van der Waals surface area contributed by atoms with Crippen LogP contribution in [0.2, 0.25) is 5.02 Å². The lowest BCUT2D eigenvalue weighted by Gasteiger charge is -2.38. The van der Waals surface area contributed by atoms with E-state index in [1.54, 1.807) is 7.11 Å². The van der Waals surface area contributed by atoms with Gasteiger partial charge in [-0.3, -0.25) is 9.69 Å². The summed E-state index contributed by atoms with van der Waals surface area (Å²) >= 11 is 6.01. The molecule has 2 atom stereocenters. The third-order valence-electron chi connectivity index (χ3n) is 6.70. The van der Waals surface area contributed by atoms with Crippen LogP contribution in [-0.2, 0) is 6.42 Å². The van der Waals surface area contributed by atoms with Crippen molar-refractivity contribution in [3.63, 3.8) is 0 Å². The zero-order valence-corrected chi connectivity index (χ0v) is 18.4. The molecule has 1 heterocycles. The molecule has 1 saturated carbocycles. The summed E-state index contributed by atoms with van der Waals surface area (Å²) < 4.78 is 5.19. The van der Waals surface area contributed by atoms with E-state index < -0.39 is 0 Å². The maximum absolute atomic E-state index is 12.7. The Bertz CT molecular complexity index is 829. The molecule has 1 amide bonds. The number of likely N-dealkylation sites (tertiary alicyclic amines) is 1. The first-order valence-corrected chi connectivity index (χ1v) is 11.4. The largest absolute Gasteiger partial charge is 0.497 e. The van der Waals surface area contributed by atoms with Crippen molar-refractivity contribution in [2.45, 2.75) is 50.6 Å². The van der Waals surface area contributed by atoms with E-state index in [1.807, 2.05) is 36.4 Å². The highest BCUT2D eigenvalue weighted by Gasteiger charge is 2.35. The Hall–Kier alpha value is -2.04. The van der Waals surface area contributed by atoms with E-state index in [9.17, 15) is 4.79 Å². The lowest BCUT2D eigenvalue weighted by Crippen LogP contribution is -2.51. The second-order valence-corrected chi connectivity index (χ2v) is 9.05. The molecule has 2 fully saturated rings. The number of hydrogen-bond donors (Lipinski definition) is 1. The Morgan fingerprint density at radius 2 is 1.73 bits per heavy atom. The molecule has 2 unspecified atom stereocenters. The summed E-state index contributed by atoms with van der Waals surface area (Å²) in [7, 11) is 1.64. The number of benzene rings is 2. The molecule has 4 nitrogen and oxygen atoms in total. The zero-order valence-electron chi connectivity index (χ0n) is 17.6. The van der Waals surface area contributed by atoms with Crippen molar-refractivity contribution < 1.29 is 9.53 Å². The van der Waals surface area contributed by atoms with Gasteiger partial charge in [0.1, 0.15) is 5.75 Å². The molecule has 1 aliphatic carbocycles. The van der Waals surface area contributed by atoms with E-state index in [0.29, 0.717) is 11.6 Å². The summed E-state index contributed by atoms with van der Waals surface area (Å²) in [6, 6.07) is 16.3. The van der Waals surface area contributed by atoms with Crippen molar-refractivity contribution in [3.05, 3.63) is 64.7 Å². The molecule has 5 heteroatoms. The maximum Gasteiger partial charge on any atom is 0.251 e. The number of nitrogens with one attached hydrogen (secondary N) is 1. The van der Waals surface area contributed by atoms with E-state index in [2.05, 4.69) is 22.3 Å². The van der Waals surface area contributed by atoms with Crippen LogP contribution in [0.15, 0.2) is 48.5 Å². The lowest BCUT2D eigenvalue weighted by molar-refractivity contribution is 0.0862. The molecule has 0 bridgehead atoms. The van der Waals surface area contributed by atoms with Crippen LogP contribution < -0.4 is 10.1 Å². The Balaban J connectivity index is 1.29. The van der Waals surface area contributed by atoms with Gasteiger partial charge in [0.15, 0.2) is 0 Å². The van der Waals surface area contributed by atoms with Crippen LogP contribution in [0.1, 0.15) is 48.0 Å². The summed E-state index contributed by atoms with van der Waals surface area (Å²) in [5, 5.41) is 4.11. The van der Waals surface area contributed by atoms with E-state index in [-0.39, 0.29) is 11.9 Å².